The summed E-state index contributed by atoms with van der Waals surface area (Å²) >= 11 is 3.42. The Morgan fingerprint density at radius 1 is 1.33 bits per heavy atom. The summed E-state index contributed by atoms with van der Waals surface area (Å²) in [6, 6.07) is 5.45. The number of benzene rings is 1. The molecular formula is C11H8BrNO2. The number of pyridine rings is 1. The first-order valence-corrected chi connectivity index (χ1v) is 5.16. The van der Waals surface area contributed by atoms with E-state index in [2.05, 4.69) is 20.9 Å². The van der Waals surface area contributed by atoms with Crippen LogP contribution in [-0.4, -0.2) is 16.1 Å². The minimum Gasteiger partial charge on any atom is -0.477 e. The van der Waals surface area contributed by atoms with Gasteiger partial charge in [-0.2, -0.15) is 0 Å². The highest BCUT2D eigenvalue weighted by Crippen LogP contribution is 2.23. The number of rotatable bonds is 1. The summed E-state index contributed by atoms with van der Waals surface area (Å²) in [5, 5.41) is 10.6. The predicted molar refractivity (Wildman–Crippen MR) is 61.1 cm³/mol. The molecule has 0 spiro atoms. The van der Waals surface area contributed by atoms with Crippen molar-refractivity contribution in [3.8, 4) is 0 Å². The molecule has 1 heterocycles. The summed E-state index contributed by atoms with van der Waals surface area (Å²) in [6.07, 6.45) is 1.57. The number of hydrogen-bond acceptors (Lipinski definition) is 2. The molecule has 1 aromatic heterocycles. The normalized spacial score (nSPS) is 10.5. The van der Waals surface area contributed by atoms with Gasteiger partial charge in [-0.15, -0.1) is 0 Å². The fourth-order valence-corrected chi connectivity index (χ4v) is 1.76. The largest absolute Gasteiger partial charge is 0.477 e. The average Bonchev–Trinajstić information content (AvgIpc) is 2.19. The van der Waals surface area contributed by atoms with Crippen molar-refractivity contribution >= 4 is 32.7 Å². The number of aryl methyl sites for hydroxylation is 1. The van der Waals surface area contributed by atoms with Crippen LogP contribution < -0.4 is 0 Å². The third-order valence-electron chi connectivity index (χ3n) is 2.22. The number of hydrogen-bond donors (Lipinski definition) is 1. The molecular weight excluding hydrogens is 258 g/mol. The standard InChI is InChI=1S/C11H8BrNO2/c1-6-2-7-4-10(11(14)15)13-5-8(7)3-9(6)12/h2-5H,1H3,(H,14,15). The lowest BCUT2D eigenvalue weighted by molar-refractivity contribution is 0.0690. The van der Waals surface area contributed by atoms with Crippen molar-refractivity contribution in [3.05, 3.63) is 40.1 Å². The molecule has 0 fully saturated rings. The molecule has 0 saturated carbocycles. The molecule has 0 bridgehead atoms. The zero-order valence-corrected chi connectivity index (χ0v) is 9.58. The molecule has 2 aromatic rings. The third-order valence-corrected chi connectivity index (χ3v) is 3.07. The number of halogens is 1. The zero-order chi connectivity index (χ0) is 11.0. The smallest absolute Gasteiger partial charge is 0.354 e. The Morgan fingerprint density at radius 3 is 2.73 bits per heavy atom. The molecule has 0 atom stereocenters. The Balaban J connectivity index is 2.72. The molecule has 0 radical (unpaired) electrons. The summed E-state index contributed by atoms with van der Waals surface area (Å²) in [7, 11) is 0. The molecule has 1 aromatic carbocycles. The molecule has 76 valence electrons. The third kappa shape index (κ3) is 1.85. The van der Waals surface area contributed by atoms with Gasteiger partial charge in [0.25, 0.3) is 0 Å². The topological polar surface area (TPSA) is 50.2 Å². The van der Waals surface area contributed by atoms with Gasteiger partial charge in [-0.1, -0.05) is 22.0 Å². The second-order valence-corrected chi connectivity index (χ2v) is 4.18. The molecule has 0 amide bonds. The summed E-state index contributed by atoms with van der Waals surface area (Å²) < 4.78 is 1.000. The van der Waals surface area contributed by atoms with Crippen molar-refractivity contribution in [1.29, 1.82) is 0 Å². The Labute approximate surface area is 94.9 Å². The van der Waals surface area contributed by atoms with Crippen molar-refractivity contribution < 1.29 is 9.90 Å². The number of carboxylic acids is 1. The summed E-state index contributed by atoms with van der Waals surface area (Å²) in [5.74, 6) is -1.00. The second-order valence-electron chi connectivity index (χ2n) is 3.32. The van der Waals surface area contributed by atoms with Gasteiger partial charge >= 0.3 is 5.97 Å². The fraction of sp³-hybridized carbons (Fsp3) is 0.0909. The molecule has 0 aliphatic heterocycles. The number of carbonyl (C=O) groups is 1. The zero-order valence-electron chi connectivity index (χ0n) is 7.99. The van der Waals surface area contributed by atoms with E-state index in [9.17, 15) is 4.79 Å². The van der Waals surface area contributed by atoms with Gasteiger partial charge in [-0.3, -0.25) is 0 Å². The Kier molecular flexibility index (Phi) is 2.44. The van der Waals surface area contributed by atoms with E-state index in [1.165, 1.54) is 0 Å². The van der Waals surface area contributed by atoms with Crippen LogP contribution in [0.2, 0.25) is 0 Å². The number of nitrogens with zero attached hydrogens (tertiary/aromatic N) is 1. The summed E-state index contributed by atoms with van der Waals surface area (Å²) in [5.41, 5.74) is 1.15. The van der Waals surface area contributed by atoms with Crippen LogP contribution >= 0.6 is 15.9 Å². The first-order valence-electron chi connectivity index (χ1n) is 4.37. The van der Waals surface area contributed by atoms with Crippen LogP contribution in [0.1, 0.15) is 16.1 Å². The lowest BCUT2D eigenvalue weighted by Gasteiger charge is -2.03. The molecule has 0 aliphatic carbocycles. The molecule has 0 saturated heterocycles. The average molecular weight is 266 g/mol. The van der Waals surface area contributed by atoms with E-state index < -0.39 is 5.97 Å². The van der Waals surface area contributed by atoms with Crippen molar-refractivity contribution in [2.24, 2.45) is 0 Å². The van der Waals surface area contributed by atoms with Crippen LogP contribution in [0.25, 0.3) is 10.8 Å². The number of aromatic nitrogens is 1. The van der Waals surface area contributed by atoms with Crippen molar-refractivity contribution in [2.45, 2.75) is 6.92 Å². The molecule has 0 aliphatic rings. The van der Waals surface area contributed by atoms with Crippen LogP contribution in [0.3, 0.4) is 0 Å². The van der Waals surface area contributed by atoms with Gasteiger partial charge in [-0.05, 0) is 30.0 Å². The maximum atomic E-state index is 10.7. The second kappa shape index (κ2) is 3.62. The van der Waals surface area contributed by atoms with Gasteiger partial charge in [0.05, 0.1) is 0 Å². The van der Waals surface area contributed by atoms with Gasteiger partial charge in [-0.25, -0.2) is 9.78 Å². The Morgan fingerprint density at radius 2 is 2.07 bits per heavy atom. The quantitative estimate of drug-likeness (QED) is 0.863. The van der Waals surface area contributed by atoms with Crippen molar-refractivity contribution in [3.63, 3.8) is 0 Å². The van der Waals surface area contributed by atoms with Crippen LogP contribution in [0.4, 0.5) is 0 Å². The number of carboxylic acid groups (broad SMARTS) is 1. The van der Waals surface area contributed by atoms with E-state index in [0.29, 0.717) is 0 Å². The van der Waals surface area contributed by atoms with E-state index in [0.717, 1.165) is 20.8 Å². The number of fused-ring (bicyclic) bond motifs is 1. The van der Waals surface area contributed by atoms with Crippen LogP contribution in [-0.2, 0) is 0 Å². The highest BCUT2D eigenvalue weighted by Gasteiger charge is 2.06. The van der Waals surface area contributed by atoms with Crippen molar-refractivity contribution in [2.75, 3.05) is 0 Å². The monoisotopic (exact) mass is 265 g/mol. The van der Waals surface area contributed by atoms with Gasteiger partial charge < -0.3 is 5.11 Å². The maximum Gasteiger partial charge on any atom is 0.354 e. The molecule has 4 heteroatoms. The minimum atomic E-state index is -1.00. The first kappa shape index (κ1) is 10.1. The van der Waals surface area contributed by atoms with E-state index in [1.54, 1.807) is 12.3 Å². The van der Waals surface area contributed by atoms with Crippen LogP contribution in [0.15, 0.2) is 28.9 Å². The first-order chi connectivity index (χ1) is 7.08. The van der Waals surface area contributed by atoms with Crippen LogP contribution in [0.5, 0.6) is 0 Å². The van der Waals surface area contributed by atoms with Crippen molar-refractivity contribution in [1.82, 2.24) is 4.98 Å². The lowest BCUT2D eigenvalue weighted by atomic mass is 10.1. The van der Waals surface area contributed by atoms with E-state index in [-0.39, 0.29) is 5.69 Å². The fourth-order valence-electron chi connectivity index (χ4n) is 1.40. The van der Waals surface area contributed by atoms with Gasteiger partial charge in [0.2, 0.25) is 0 Å². The Bertz CT molecular complexity index is 552. The predicted octanol–water partition coefficient (Wildman–Crippen LogP) is 3.00. The maximum absolute atomic E-state index is 10.7. The Hall–Kier alpha value is -1.42. The molecule has 2 rings (SSSR count). The van der Waals surface area contributed by atoms with Gasteiger partial charge in [0.1, 0.15) is 5.69 Å². The van der Waals surface area contributed by atoms with Crippen LogP contribution in [0, 0.1) is 6.92 Å². The van der Waals surface area contributed by atoms with E-state index in [4.69, 9.17) is 5.11 Å². The summed E-state index contributed by atoms with van der Waals surface area (Å²) in [6.45, 7) is 1.96. The van der Waals surface area contributed by atoms with E-state index in [1.807, 2.05) is 19.1 Å². The SMILES string of the molecule is Cc1cc2cc(C(=O)O)ncc2cc1Br. The van der Waals surface area contributed by atoms with E-state index >= 15 is 0 Å². The van der Waals surface area contributed by atoms with Gasteiger partial charge in [0.15, 0.2) is 0 Å². The summed E-state index contributed by atoms with van der Waals surface area (Å²) in [4.78, 5) is 14.6. The minimum absolute atomic E-state index is 0.0734. The molecule has 15 heavy (non-hydrogen) atoms. The highest BCUT2D eigenvalue weighted by atomic mass is 79.9. The molecule has 1 N–H and O–H groups in total. The number of aromatic carboxylic acids is 1. The molecule has 0 unspecified atom stereocenters. The molecule has 3 nitrogen and oxygen atoms in total. The highest BCUT2D eigenvalue weighted by molar-refractivity contribution is 9.10. The van der Waals surface area contributed by atoms with Gasteiger partial charge in [0, 0.05) is 16.1 Å². The lowest BCUT2D eigenvalue weighted by Crippen LogP contribution is -1.99.